The highest BCUT2D eigenvalue weighted by Crippen LogP contribution is 2.26. The van der Waals surface area contributed by atoms with Crippen LogP contribution < -0.4 is 10.2 Å². The molecule has 0 fully saturated rings. The van der Waals surface area contributed by atoms with Gasteiger partial charge in [-0.1, -0.05) is 30.4 Å². The Morgan fingerprint density at radius 2 is 1.92 bits per heavy atom. The number of ketones is 1. The van der Waals surface area contributed by atoms with E-state index in [1.807, 2.05) is 18.2 Å². The van der Waals surface area contributed by atoms with Crippen molar-refractivity contribution in [3.05, 3.63) is 76.9 Å². The van der Waals surface area contributed by atoms with Crippen LogP contribution >= 0.6 is 0 Å². The first-order chi connectivity index (χ1) is 11.7. The molecular weight excluding hydrogens is 302 g/mol. The van der Waals surface area contributed by atoms with E-state index < -0.39 is 0 Å². The van der Waals surface area contributed by atoms with E-state index >= 15 is 0 Å². The van der Waals surface area contributed by atoms with E-state index in [1.165, 1.54) is 5.56 Å². The molecule has 4 heteroatoms. The van der Waals surface area contributed by atoms with Crippen molar-refractivity contribution in [2.75, 3.05) is 14.2 Å². The van der Waals surface area contributed by atoms with Crippen molar-refractivity contribution in [2.24, 2.45) is 0 Å². The van der Waals surface area contributed by atoms with Crippen LogP contribution in [0, 0.1) is 0 Å². The smallest absolute Gasteiger partial charge is 0.185 e. The van der Waals surface area contributed by atoms with Crippen molar-refractivity contribution in [1.82, 2.24) is 5.48 Å². The van der Waals surface area contributed by atoms with E-state index in [2.05, 4.69) is 17.6 Å². The summed E-state index contributed by atoms with van der Waals surface area (Å²) in [5.74, 6) is 0.708. The first kappa shape index (κ1) is 16.0. The minimum atomic E-state index is -0.0296. The summed E-state index contributed by atoms with van der Waals surface area (Å²) >= 11 is 0. The number of hydroxylamine groups is 1. The molecule has 0 amide bonds. The Morgan fingerprint density at radius 1 is 1.12 bits per heavy atom. The molecule has 1 N–H and O–H groups in total. The zero-order chi connectivity index (χ0) is 16.9. The molecule has 0 unspecified atom stereocenters. The number of rotatable bonds is 6. The Balaban J connectivity index is 1.72. The second kappa shape index (κ2) is 7.15. The molecule has 24 heavy (non-hydrogen) atoms. The summed E-state index contributed by atoms with van der Waals surface area (Å²) in [6, 6.07) is 13.2. The van der Waals surface area contributed by atoms with Gasteiger partial charge < -0.3 is 4.74 Å². The summed E-state index contributed by atoms with van der Waals surface area (Å²) in [6.07, 6.45) is 6.38. The first-order valence-electron chi connectivity index (χ1n) is 7.70. The number of ether oxygens (including phenoxy) is 1. The van der Waals surface area contributed by atoms with Crippen LogP contribution in [0.1, 0.15) is 27.0 Å². The van der Waals surface area contributed by atoms with E-state index in [9.17, 15) is 4.79 Å². The van der Waals surface area contributed by atoms with E-state index in [0.29, 0.717) is 5.56 Å². The Labute approximate surface area is 141 Å². The van der Waals surface area contributed by atoms with Crippen LogP contribution in [-0.2, 0) is 11.3 Å². The van der Waals surface area contributed by atoms with E-state index in [4.69, 9.17) is 9.57 Å². The lowest BCUT2D eigenvalue weighted by Gasteiger charge is -2.07. The highest BCUT2D eigenvalue weighted by Gasteiger charge is 2.13. The molecule has 0 atom stereocenters. The highest BCUT2D eigenvalue weighted by atomic mass is 16.6. The maximum Gasteiger partial charge on any atom is 0.185 e. The van der Waals surface area contributed by atoms with Gasteiger partial charge in [0.2, 0.25) is 0 Å². The Kier molecular flexibility index (Phi) is 4.77. The zero-order valence-corrected chi connectivity index (χ0v) is 13.7. The molecule has 2 aromatic rings. The highest BCUT2D eigenvalue weighted by molar-refractivity contribution is 6.06. The standard InChI is InChI=1S/C20H19NO3/c1-23-17-8-5-15(6-9-17)20(22)12-4-14-3-10-18-16(13-14)7-11-19(18)21-24-2/h3-6,8-13,21H,7H2,1-2H3. The van der Waals surface area contributed by atoms with Crippen LogP contribution in [0.25, 0.3) is 11.8 Å². The van der Waals surface area contributed by atoms with Gasteiger partial charge in [0, 0.05) is 11.1 Å². The summed E-state index contributed by atoms with van der Waals surface area (Å²) in [7, 11) is 3.20. The molecule has 4 nitrogen and oxygen atoms in total. The molecule has 0 aliphatic heterocycles. The number of nitrogens with one attached hydrogen (secondary N) is 1. The molecule has 0 saturated heterocycles. The number of allylic oxidation sites excluding steroid dienone is 2. The number of methoxy groups -OCH3 is 1. The number of hydrogen-bond acceptors (Lipinski definition) is 4. The number of benzene rings is 2. The molecule has 0 saturated carbocycles. The van der Waals surface area contributed by atoms with Crippen LogP contribution in [0.15, 0.2) is 54.6 Å². The minimum absolute atomic E-state index is 0.0296. The van der Waals surface area contributed by atoms with Gasteiger partial charge in [0.1, 0.15) is 5.75 Å². The second-order valence-corrected chi connectivity index (χ2v) is 5.47. The van der Waals surface area contributed by atoms with Gasteiger partial charge in [0.05, 0.1) is 19.9 Å². The average molecular weight is 321 g/mol. The molecule has 0 aromatic heterocycles. The number of carbonyl (C=O) groups excluding carboxylic acids is 1. The molecular formula is C20H19NO3. The summed E-state index contributed by atoms with van der Waals surface area (Å²) in [5.41, 5.74) is 7.86. The maximum atomic E-state index is 12.2. The molecule has 0 bridgehead atoms. The summed E-state index contributed by atoms with van der Waals surface area (Å²) in [4.78, 5) is 17.2. The maximum absolute atomic E-state index is 12.2. The Bertz CT molecular complexity index is 804. The lowest BCUT2D eigenvalue weighted by molar-refractivity contribution is 0.104. The lowest BCUT2D eigenvalue weighted by Crippen LogP contribution is -2.08. The Morgan fingerprint density at radius 3 is 2.62 bits per heavy atom. The van der Waals surface area contributed by atoms with Gasteiger partial charge in [0.25, 0.3) is 0 Å². The van der Waals surface area contributed by atoms with Crippen molar-refractivity contribution in [1.29, 1.82) is 0 Å². The summed E-state index contributed by atoms with van der Waals surface area (Å²) < 4.78 is 5.10. The van der Waals surface area contributed by atoms with Crippen LogP contribution in [0.2, 0.25) is 0 Å². The SMILES string of the molecule is CONC1=CCc2cc(C=CC(=O)c3ccc(OC)cc3)ccc21. The predicted octanol–water partition coefficient (Wildman–Crippen LogP) is 3.64. The normalized spacial score (nSPS) is 12.8. The van der Waals surface area contributed by atoms with Crippen molar-refractivity contribution < 1.29 is 14.4 Å². The van der Waals surface area contributed by atoms with Crippen LogP contribution in [0.5, 0.6) is 5.75 Å². The fourth-order valence-corrected chi connectivity index (χ4v) is 2.70. The topological polar surface area (TPSA) is 47.6 Å². The molecule has 2 aromatic carbocycles. The quantitative estimate of drug-likeness (QED) is 0.501. The number of carbonyl (C=O) groups is 1. The van der Waals surface area contributed by atoms with Crippen LogP contribution in [0.3, 0.4) is 0 Å². The molecule has 0 spiro atoms. The van der Waals surface area contributed by atoms with E-state index in [0.717, 1.165) is 29.0 Å². The zero-order valence-electron chi connectivity index (χ0n) is 13.7. The van der Waals surface area contributed by atoms with Gasteiger partial charge in [-0.2, -0.15) is 0 Å². The third-order valence-electron chi connectivity index (χ3n) is 3.96. The van der Waals surface area contributed by atoms with Gasteiger partial charge in [-0.05, 0) is 47.9 Å². The minimum Gasteiger partial charge on any atom is -0.497 e. The molecule has 1 aliphatic carbocycles. The van der Waals surface area contributed by atoms with Crippen molar-refractivity contribution in [3.63, 3.8) is 0 Å². The van der Waals surface area contributed by atoms with Gasteiger partial charge in [0.15, 0.2) is 5.78 Å². The molecule has 1 aliphatic rings. The van der Waals surface area contributed by atoms with Crippen LogP contribution in [-0.4, -0.2) is 20.0 Å². The van der Waals surface area contributed by atoms with E-state index in [-0.39, 0.29) is 5.78 Å². The van der Waals surface area contributed by atoms with Crippen molar-refractivity contribution in [2.45, 2.75) is 6.42 Å². The molecule has 122 valence electrons. The van der Waals surface area contributed by atoms with Crippen molar-refractivity contribution in [3.8, 4) is 5.75 Å². The molecule has 3 rings (SSSR count). The first-order valence-corrected chi connectivity index (χ1v) is 7.70. The van der Waals surface area contributed by atoms with E-state index in [1.54, 1.807) is 44.6 Å². The third-order valence-corrected chi connectivity index (χ3v) is 3.96. The van der Waals surface area contributed by atoms with Crippen molar-refractivity contribution >= 4 is 17.6 Å². The predicted molar refractivity (Wildman–Crippen MR) is 94.6 cm³/mol. The van der Waals surface area contributed by atoms with Gasteiger partial charge in [-0.25, -0.2) is 0 Å². The fraction of sp³-hybridized carbons (Fsp3) is 0.150. The lowest BCUT2D eigenvalue weighted by atomic mass is 10.0. The molecule has 0 heterocycles. The summed E-state index contributed by atoms with van der Waals surface area (Å²) in [5, 5.41) is 0. The number of hydrogen-bond donors (Lipinski definition) is 1. The number of fused-ring (bicyclic) bond motifs is 1. The molecule has 0 radical (unpaired) electrons. The third kappa shape index (κ3) is 3.39. The average Bonchev–Trinajstić information content (AvgIpc) is 3.02. The Hall–Kier alpha value is -2.85. The van der Waals surface area contributed by atoms with Gasteiger partial charge >= 0.3 is 0 Å². The summed E-state index contributed by atoms with van der Waals surface area (Å²) in [6.45, 7) is 0. The largest absolute Gasteiger partial charge is 0.497 e. The monoisotopic (exact) mass is 321 g/mol. The van der Waals surface area contributed by atoms with Gasteiger partial charge in [-0.15, -0.1) is 0 Å². The van der Waals surface area contributed by atoms with Crippen LogP contribution in [0.4, 0.5) is 0 Å². The van der Waals surface area contributed by atoms with Gasteiger partial charge in [-0.3, -0.25) is 15.1 Å². The fourth-order valence-electron chi connectivity index (χ4n) is 2.70. The second-order valence-electron chi connectivity index (χ2n) is 5.47.